The van der Waals surface area contributed by atoms with E-state index in [2.05, 4.69) is 16.3 Å². The first-order chi connectivity index (χ1) is 13.2. The van der Waals surface area contributed by atoms with Gasteiger partial charge >= 0.3 is 0 Å². The Labute approximate surface area is 161 Å². The second-order valence-corrected chi connectivity index (χ2v) is 7.95. The summed E-state index contributed by atoms with van der Waals surface area (Å²) < 4.78 is 10.9. The molecular weight excluding hydrogens is 340 g/mol. The van der Waals surface area contributed by atoms with E-state index in [0.717, 1.165) is 35.5 Å². The standard InChI is InChI=1S/C22H30N2O3/c1-26-12-3-2-6-22(25)23-17-7-8-21-19(14-17)20(15-27-21)16-9-11-24-10-4-5-18(24)13-16/h7-8,14-16,18H,2-6,9-13H2,1H3,(H,23,25). The molecule has 27 heavy (non-hydrogen) atoms. The Hall–Kier alpha value is -1.85. The minimum absolute atomic E-state index is 0.0646. The van der Waals surface area contributed by atoms with Gasteiger partial charge in [-0.3, -0.25) is 4.79 Å². The summed E-state index contributed by atoms with van der Waals surface area (Å²) in [6, 6.07) is 6.73. The number of furan rings is 1. The van der Waals surface area contributed by atoms with Gasteiger partial charge in [-0.15, -0.1) is 0 Å². The molecule has 3 heterocycles. The number of carbonyl (C=O) groups excluding carboxylic acids is 1. The highest BCUT2D eigenvalue weighted by Gasteiger charge is 2.33. The fourth-order valence-corrected chi connectivity index (χ4v) is 4.70. The van der Waals surface area contributed by atoms with Crippen molar-refractivity contribution in [2.45, 2.75) is 56.9 Å². The third kappa shape index (κ3) is 4.19. The number of ether oxygens (including phenoxy) is 1. The van der Waals surface area contributed by atoms with Gasteiger partial charge in [0.1, 0.15) is 5.58 Å². The molecule has 0 saturated carbocycles. The van der Waals surface area contributed by atoms with Crippen LogP contribution in [0.1, 0.15) is 56.4 Å². The SMILES string of the molecule is COCCCCC(=O)Nc1ccc2occ(C3CCN4CCCC4C3)c2c1. The van der Waals surface area contributed by atoms with E-state index in [-0.39, 0.29) is 5.91 Å². The summed E-state index contributed by atoms with van der Waals surface area (Å²) in [4.78, 5) is 14.8. The lowest BCUT2D eigenvalue weighted by Gasteiger charge is -2.34. The third-order valence-electron chi connectivity index (χ3n) is 6.15. The summed E-state index contributed by atoms with van der Waals surface area (Å²) in [7, 11) is 1.69. The number of nitrogens with one attached hydrogen (secondary N) is 1. The number of carbonyl (C=O) groups is 1. The van der Waals surface area contributed by atoms with Crippen LogP contribution in [0.25, 0.3) is 11.0 Å². The fourth-order valence-electron chi connectivity index (χ4n) is 4.70. The van der Waals surface area contributed by atoms with Gasteiger partial charge in [-0.2, -0.15) is 0 Å². The van der Waals surface area contributed by atoms with E-state index in [9.17, 15) is 4.79 Å². The van der Waals surface area contributed by atoms with Crippen LogP contribution in [-0.4, -0.2) is 43.7 Å². The van der Waals surface area contributed by atoms with Crippen LogP contribution in [0.5, 0.6) is 0 Å². The van der Waals surface area contributed by atoms with Gasteiger partial charge in [0.15, 0.2) is 0 Å². The summed E-state index contributed by atoms with van der Waals surface area (Å²) in [5, 5.41) is 4.19. The predicted octanol–water partition coefficient (Wildman–Crippen LogP) is 4.53. The quantitative estimate of drug-likeness (QED) is 0.728. The topological polar surface area (TPSA) is 54.7 Å². The lowest BCUT2D eigenvalue weighted by molar-refractivity contribution is -0.116. The van der Waals surface area contributed by atoms with Crippen molar-refractivity contribution in [1.29, 1.82) is 0 Å². The Morgan fingerprint density at radius 2 is 2.22 bits per heavy atom. The van der Waals surface area contributed by atoms with E-state index < -0.39 is 0 Å². The van der Waals surface area contributed by atoms with E-state index in [4.69, 9.17) is 9.15 Å². The number of anilines is 1. The lowest BCUT2D eigenvalue weighted by atomic mass is 9.85. The van der Waals surface area contributed by atoms with Crippen molar-refractivity contribution in [1.82, 2.24) is 4.90 Å². The maximum absolute atomic E-state index is 12.2. The van der Waals surface area contributed by atoms with Gasteiger partial charge in [-0.1, -0.05) is 0 Å². The molecule has 5 heteroatoms. The van der Waals surface area contributed by atoms with Gasteiger partial charge in [0.05, 0.1) is 6.26 Å². The smallest absolute Gasteiger partial charge is 0.224 e. The molecule has 0 radical (unpaired) electrons. The molecule has 2 atom stereocenters. The zero-order valence-electron chi connectivity index (χ0n) is 16.2. The van der Waals surface area contributed by atoms with Crippen LogP contribution < -0.4 is 5.32 Å². The molecule has 2 saturated heterocycles. The number of fused-ring (bicyclic) bond motifs is 2. The van der Waals surface area contributed by atoms with Crippen molar-refractivity contribution in [2.24, 2.45) is 0 Å². The Morgan fingerprint density at radius 1 is 1.30 bits per heavy atom. The number of hydrogen-bond donors (Lipinski definition) is 1. The first-order valence-electron chi connectivity index (χ1n) is 10.3. The number of piperidine rings is 1. The van der Waals surface area contributed by atoms with Crippen LogP contribution in [-0.2, 0) is 9.53 Å². The lowest BCUT2D eigenvalue weighted by Crippen LogP contribution is -2.37. The van der Waals surface area contributed by atoms with E-state index in [0.29, 0.717) is 18.9 Å². The molecule has 1 aromatic heterocycles. The molecule has 1 amide bonds. The molecule has 1 aromatic carbocycles. The number of benzene rings is 1. The van der Waals surface area contributed by atoms with Crippen molar-refractivity contribution < 1.29 is 13.9 Å². The summed E-state index contributed by atoms with van der Waals surface area (Å²) in [6.07, 6.45) is 9.32. The van der Waals surface area contributed by atoms with Gasteiger partial charge in [0.2, 0.25) is 5.91 Å². The summed E-state index contributed by atoms with van der Waals surface area (Å²) in [6.45, 7) is 3.17. The summed E-state index contributed by atoms with van der Waals surface area (Å²) in [5.41, 5.74) is 3.09. The van der Waals surface area contributed by atoms with Crippen molar-refractivity contribution in [3.05, 3.63) is 30.0 Å². The first kappa shape index (κ1) is 18.5. The molecule has 2 aliphatic heterocycles. The number of rotatable bonds is 7. The van der Waals surface area contributed by atoms with Crippen LogP contribution in [0.3, 0.4) is 0 Å². The van der Waals surface area contributed by atoms with Gasteiger partial charge in [0, 0.05) is 42.8 Å². The monoisotopic (exact) mass is 370 g/mol. The Balaban J connectivity index is 1.44. The molecule has 2 fully saturated rings. The molecule has 1 N–H and O–H groups in total. The third-order valence-corrected chi connectivity index (χ3v) is 6.15. The fraction of sp³-hybridized carbons (Fsp3) is 0.591. The highest BCUT2D eigenvalue weighted by molar-refractivity contribution is 5.94. The molecule has 0 aliphatic carbocycles. The summed E-state index contributed by atoms with van der Waals surface area (Å²) >= 11 is 0. The average Bonchev–Trinajstić information content (AvgIpc) is 3.31. The molecular formula is C22H30N2O3. The first-order valence-corrected chi connectivity index (χ1v) is 10.3. The number of hydrogen-bond acceptors (Lipinski definition) is 4. The molecule has 0 spiro atoms. The Kier molecular flexibility index (Phi) is 5.79. The molecule has 2 aromatic rings. The van der Waals surface area contributed by atoms with E-state index in [1.54, 1.807) is 7.11 Å². The van der Waals surface area contributed by atoms with Crippen molar-refractivity contribution in [2.75, 3.05) is 32.1 Å². The molecule has 0 bridgehead atoms. The molecule has 2 unspecified atom stereocenters. The molecule has 2 aliphatic rings. The van der Waals surface area contributed by atoms with Gasteiger partial charge < -0.3 is 19.4 Å². The molecule has 5 nitrogen and oxygen atoms in total. The van der Waals surface area contributed by atoms with Crippen LogP contribution >= 0.6 is 0 Å². The van der Waals surface area contributed by atoms with Crippen molar-refractivity contribution in [3.63, 3.8) is 0 Å². The maximum atomic E-state index is 12.2. The minimum atomic E-state index is 0.0646. The second kappa shape index (κ2) is 8.44. The van der Waals surface area contributed by atoms with E-state index in [1.807, 2.05) is 18.4 Å². The number of nitrogens with zero attached hydrogens (tertiary/aromatic N) is 1. The van der Waals surface area contributed by atoms with Crippen molar-refractivity contribution in [3.8, 4) is 0 Å². The maximum Gasteiger partial charge on any atom is 0.224 e. The van der Waals surface area contributed by atoms with Crippen LogP contribution in [0.15, 0.2) is 28.9 Å². The highest BCUT2D eigenvalue weighted by Crippen LogP contribution is 2.40. The second-order valence-electron chi connectivity index (χ2n) is 7.95. The van der Waals surface area contributed by atoms with E-state index in [1.165, 1.54) is 44.3 Å². The van der Waals surface area contributed by atoms with E-state index >= 15 is 0 Å². The number of amides is 1. The average molecular weight is 370 g/mol. The number of unbranched alkanes of at least 4 members (excludes halogenated alkanes) is 1. The molecule has 146 valence electrons. The van der Waals surface area contributed by atoms with Gasteiger partial charge in [-0.25, -0.2) is 0 Å². The highest BCUT2D eigenvalue weighted by atomic mass is 16.5. The normalized spacial score (nSPS) is 22.9. The van der Waals surface area contributed by atoms with Crippen molar-refractivity contribution >= 4 is 22.6 Å². The van der Waals surface area contributed by atoms with Gasteiger partial charge in [-0.05, 0) is 75.7 Å². The van der Waals surface area contributed by atoms with Crippen LogP contribution in [0.4, 0.5) is 5.69 Å². The largest absolute Gasteiger partial charge is 0.464 e. The Morgan fingerprint density at radius 3 is 3.11 bits per heavy atom. The summed E-state index contributed by atoms with van der Waals surface area (Å²) in [5.74, 6) is 0.625. The minimum Gasteiger partial charge on any atom is -0.464 e. The Bertz CT molecular complexity index is 785. The van der Waals surface area contributed by atoms with Crippen LogP contribution in [0, 0.1) is 0 Å². The zero-order valence-corrected chi connectivity index (χ0v) is 16.2. The zero-order chi connectivity index (χ0) is 18.6. The number of methoxy groups -OCH3 is 1. The van der Waals surface area contributed by atoms with Crippen LogP contribution in [0.2, 0.25) is 0 Å². The predicted molar refractivity (Wildman–Crippen MR) is 107 cm³/mol. The molecule has 4 rings (SSSR count). The van der Waals surface area contributed by atoms with Gasteiger partial charge in [0.25, 0.3) is 0 Å².